The molecular weight excluding hydrogens is 460 g/mol. The van der Waals surface area contributed by atoms with Crippen LogP contribution in [0.5, 0.6) is 11.5 Å². The van der Waals surface area contributed by atoms with E-state index < -0.39 is 15.9 Å². The summed E-state index contributed by atoms with van der Waals surface area (Å²) in [6, 6.07) is 13.3. The highest BCUT2D eigenvalue weighted by molar-refractivity contribution is 7.89. The molecule has 0 aliphatic carbocycles. The zero-order valence-corrected chi connectivity index (χ0v) is 19.7. The summed E-state index contributed by atoms with van der Waals surface area (Å²) in [5.41, 5.74) is 0.686. The number of aromatic nitrogens is 2. The molecule has 180 valence electrons. The minimum atomic E-state index is -3.73. The zero-order valence-electron chi connectivity index (χ0n) is 18.9. The van der Waals surface area contributed by atoms with Crippen molar-refractivity contribution in [3.63, 3.8) is 0 Å². The number of methoxy groups -OCH3 is 1. The van der Waals surface area contributed by atoms with Gasteiger partial charge in [0.05, 0.1) is 24.5 Å². The third-order valence-corrected chi connectivity index (χ3v) is 7.40. The standard InChI is InChI=1S/C23H26N4O6S/c1-3-32-19-8-6-16(7-9-19)22-25-26-23(33-22)24-21(28)17-5-4-14-27(15-17)34(29,30)20-12-10-18(31-2)11-13-20/h6-13,17H,3-5,14-15H2,1-2H3,(H,24,26,28). The van der Waals surface area contributed by atoms with E-state index in [9.17, 15) is 13.2 Å². The molecule has 1 saturated heterocycles. The second-order valence-electron chi connectivity index (χ2n) is 7.74. The molecule has 1 N–H and O–H groups in total. The summed E-state index contributed by atoms with van der Waals surface area (Å²) >= 11 is 0. The van der Waals surface area contributed by atoms with Crippen LogP contribution < -0.4 is 14.8 Å². The first kappa shape index (κ1) is 23.7. The number of carbonyl (C=O) groups excluding carboxylic acids is 1. The van der Waals surface area contributed by atoms with Gasteiger partial charge < -0.3 is 13.9 Å². The molecule has 0 bridgehead atoms. The van der Waals surface area contributed by atoms with Crippen LogP contribution in [-0.2, 0) is 14.8 Å². The van der Waals surface area contributed by atoms with E-state index in [1.54, 1.807) is 36.4 Å². The van der Waals surface area contributed by atoms with Gasteiger partial charge in [-0.25, -0.2) is 8.42 Å². The number of carbonyl (C=O) groups is 1. The molecule has 0 saturated carbocycles. The molecule has 1 amide bonds. The van der Waals surface area contributed by atoms with E-state index in [2.05, 4.69) is 15.5 Å². The number of anilines is 1. The quantitative estimate of drug-likeness (QED) is 0.515. The number of amides is 1. The molecule has 1 fully saturated rings. The van der Waals surface area contributed by atoms with Crippen molar-refractivity contribution in [2.24, 2.45) is 5.92 Å². The van der Waals surface area contributed by atoms with Crippen LogP contribution in [0.15, 0.2) is 57.8 Å². The van der Waals surface area contributed by atoms with Gasteiger partial charge in [-0.3, -0.25) is 10.1 Å². The van der Waals surface area contributed by atoms with Crippen LogP contribution in [0, 0.1) is 5.92 Å². The average Bonchev–Trinajstić information content (AvgIpc) is 3.33. The number of ether oxygens (including phenoxy) is 2. The van der Waals surface area contributed by atoms with Crippen LogP contribution >= 0.6 is 0 Å². The Morgan fingerprint density at radius 3 is 2.50 bits per heavy atom. The molecule has 1 unspecified atom stereocenters. The van der Waals surface area contributed by atoms with E-state index >= 15 is 0 Å². The SMILES string of the molecule is CCOc1ccc(-c2nnc(NC(=O)C3CCCN(S(=O)(=O)c4ccc(OC)cc4)C3)o2)cc1. The van der Waals surface area contributed by atoms with Gasteiger partial charge in [0.2, 0.25) is 21.8 Å². The Bertz CT molecular complexity index is 1230. The molecular formula is C23H26N4O6S. The lowest BCUT2D eigenvalue weighted by Gasteiger charge is -2.30. The molecule has 0 radical (unpaired) electrons. The Hall–Kier alpha value is -3.44. The van der Waals surface area contributed by atoms with Crippen molar-refractivity contribution in [2.45, 2.75) is 24.7 Å². The van der Waals surface area contributed by atoms with E-state index in [0.29, 0.717) is 37.3 Å². The van der Waals surface area contributed by atoms with Crippen molar-refractivity contribution in [1.29, 1.82) is 0 Å². The lowest BCUT2D eigenvalue weighted by atomic mass is 9.99. The van der Waals surface area contributed by atoms with Crippen LogP contribution in [0.4, 0.5) is 6.01 Å². The Morgan fingerprint density at radius 1 is 1.12 bits per heavy atom. The lowest BCUT2D eigenvalue weighted by molar-refractivity contribution is -0.121. The molecule has 1 atom stereocenters. The van der Waals surface area contributed by atoms with Gasteiger partial charge in [-0.2, -0.15) is 4.31 Å². The van der Waals surface area contributed by atoms with E-state index in [4.69, 9.17) is 13.9 Å². The predicted octanol–water partition coefficient (Wildman–Crippen LogP) is 3.18. The van der Waals surface area contributed by atoms with Crippen LogP contribution in [0.25, 0.3) is 11.5 Å². The highest BCUT2D eigenvalue weighted by Crippen LogP contribution is 2.27. The van der Waals surface area contributed by atoms with Crippen molar-refractivity contribution < 1.29 is 27.1 Å². The van der Waals surface area contributed by atoms with Gasteiger partial charge in [0.1, 0.15) is 11.5 Å². The minimum absolute atomic E-state index is 0.0379. The second kappa shape index (κ2) is 10.2. The molecule has 0 spiro atoms. The molecule has 1 aliphatic heterocycles. The first-order chi connectivity index (χ1) is 16.4. The number of nitrogens with one attached hydrogen (secondary N) is 1. The number of nitrogens with zero attached hydrogens (tertiary/aromatic N) is 3. The molecule has 3 aromatic rings. The highest BCUT2D eigenvalue weighted by Gasteiger charge is 2.34. The smallest absolute Gasteiger partial charge is 0.322 e. The van der Waals surface area contributed by atoms with Crippen molar-refractivity contribution in [1.82, 2.24) is 14.5 Å². The van der Waals surface area contributed by atoms with Crippen molar-refractivity contribution in [2.75, 3.05) is 32.1 Å². The van der Waals surface area contributed by atoms with Gasteiger partial charge in [-0.1, -0.05) is 5.10 Å². The third kappa shape index (κ3) is 5.20. The van der Waals surface area contributed by atoms with Crippen LogP contribution in [0.1, 0.15) is 19.8 Å². The fourth-order valence-electron chi connectivity index (χ4n) is 3.73. The molecule has 1 aromatic heterocycles. The van der Waals surface area contributed by atoms with E-state index in [-0.39, 0.29) is 29.3 Å². The predicted molar refractivity (Wildman–Crippen MR) is 124 cm³/mol. The highest BCUT2D eigenvalue weighted by atomic mass is 32.2. The van der Waals surface area contributed by atoms with Gasteiger partial charge in [0.25, 0.3) is 0 Å². The molecule has 11 heteroatoms. The summed E-state index contributed by atoms with van der Waals surface area (Å²) in [7, 11) is -2.21. The third-order valence-electron chi connectivity index (χ3n) is 5.52. The van der Waals surface area contributed by atoms with Crippen LogP contribution in [-0.4, -0.2) is 55.6 Å². The van der Waals surface area contributed by atoms with E-state index in [0.717, 1.165) is 5.75 Å². The number of hydrogen-bond acceptors (Lipinski definition) is 8. The molecule has 34 heavy (non-hydrogen) atoms. The lowest BCUT2D eigenvalue weighted by Crippen LogP contribution is -2.43. The van der Waals surface area contributed by atoms with E-state index in [1.165, 1.54) is 23.5 Å². The van der Waals surface area contributed by atoms with Crippen molar-refractivity contribution >= 4 is 21.9 Å². The van der Waals surface area contributed by atoms with Gasteiger partial charge in [-0.15, -0.1) is 5.10 Å². The summed E-state index contributed by atoms with van der Waals surface area (Å²) < 4.78 is 43.5. The van der Waals surface area contributed by atoms with Crippen molar-refractivity contribution in [3.05, 3.63) is 48.5 Å². The second-order valence-corrected chi connectivity index (χ2v) is 9.67. The zero-order chi connectivity index (χ0) is 24.1. The minimum Gasteiger partial charge on any atom is -0.497 e. The normalized spacial score (nSPS) is 16.7. The number of hydrogen-bond donors (Lipinski definition) is 1. The number of rotatable bonds is 8. The van der Waals surface area contributed by atoms with Gasteiger partial charge in [-0.05, 0) is 68.3 Å². The Kier molecular flexibility index (Phi) is 7.13. The largest absolute Gasteiger partial charge is 0.497 e. The Labute approximate surface area is 197 Å². The Morgan fingerprint density at radius 2 is 1.82 bits per heavy atom. The summed E-state index contributed by atoms with van der Waals surface area (Å²) in [5.74, 6) is 0.648. The fourth-order valence-corrected chi connectivity index (χ4v) is 5.25. The molecule has 2 aromatic carbocycles. The van der Waals surface area contributed by atoms with Gasteiger partial charge >= 0.3 is 6.01 Å². The maximum absolute atomic E-state index is 13.0. The molecule has 10 nitrogen and oxygen atoms in total. The summed E-state index contributed by atoms with van der Waals surface area (Å²) in [4.78, 5) is 13.0. The average molecular weight is 487 g/mol. The fraction of sp³-hybridized carbons (Fsp3) is 0.348. The van der Waals surface area contributed by atoms with E-state index in [1.807, 2.05) is 6.92 Å². The summed E-state index contributed by atoms with van der Waals surface area (Å²) in [6.45, 7) is 2.89. The number of piperidine rings is 1. The number of benzene rings is 2. The molecule has 1 aliphatic rings. The maximum Gasteiger partial charge on any atom is 0.322 e. The van der Waals surface area contributed by atoms with Crippen LogP contribution in [0.2, 0.25) is 0 Å². The van der Waals surface area contributed by atoms with Gasteiger partial charge in [0.15, 0.2) is 0 Å². The molecule has 2 heterocycles. The summed E-state index contributed by atoms with van der Waals surface area (Å²) in [5, 5.41) is 10.5. The summed E-state index contributed by atoms with van der Waals surface area (Å²) in [6.07, 6.45) is 1.12. The maximum atomic E-state index is 13.0. The van der Waals surface area contributed by atoms with Crippen molar-refractivity contribution in [3.8, 4) is 23.0 Å². The van der Waals surface area contributed by atoms with Gasteiger partial charge in [0, 0.05) is 18.7 Å². The molecule has 4 rings (SSSR count). The first-order valence-corrected chi connectivity index (χ1v) is 12.4. The van der Waals surface area contributed by atoms with Crippen LogP contribution in [0.3, 0.4) is 0 Å². The number of sulfonamides is 1. The monoisotopic (exact) mass is 486 g/mol. The first-order valence-electron chi connectivity index (χ1n) is 10.9. The topological polar surface area (TPSA) is 124 Å². The Balaban J connectivity index is 1.40.